The standard InChI is InChI=1S/C18H14ClN5O2.C13H9ClN4O/c19-13-2-1-3-14(9-13)21-15-6-7-24-17(22-15)12(10-20-24)8-11-4-5-16(25)23-18(11)26;14-10-2-1-3-11(6-10)16-12-4-5-18-13(17-12)9(8-19)7-15-18/h1-3,6-10H,4-5H2,(H,21,22)(H,23,25,26);1-8H,(H,16,17)/b11-8+;. The minimum Gasteiger partial charge on any atom is -0.340 e. The molecule has 1 aliphatic heterocycles. The Labute approximate surface area is 265 Å². The van der Waals surface area contributed by atoms with Gasteiger partial charge in [-0.2, -0.15) is 10.2 Å². The van der Waals surface area contributed by atoms with Crippen LogP contribution in [0.15, 0.2) is 91.0 Å². The lowest BCUT2D eigenvalue weighted by molar-refractivity contribution is -0.130. The molecular weight excluding hydrogens is 617 g/mol. The van der Waals surface area contributed by atoms with Crippen molar-refractivity contribution in [2.45, 2.75) is 12.8 Å². The molecule has 1 fully saturated rings. The summed E-state index contributed by atoms with van der Waals surface area (Å²) in [6.45, 7) is 0. The molecule has 1 saturated heterocycles. The molecule has 0 aliphatic carbocycles. The molecule has 6 aromatic rings. The molecule has 0 atom stereocenters. The first-order chi connectivity index (χ1) is 21.8. The smallest absolute Gasteiger partial charge is 0.253 e. The number of amides is 2. The van der Waals surface area contributed by atoms with E-state index in [0.717, 1.165) is 17.7 Å². The summed E-state index contributed by atoms with van der Waals surface area (Å²) in [5.74, 6) is 0.633. The lowest BCUT2D eigenvalue weighted by atomic mass is 10.0. The highest BCUT2D eigenvalue weighted by Crippen LogP contribution is 2.23. The topological polar surface area (TPSA) is 148 Å². The number of hydrogen-bond donors (Lipinski definition) is 3. The van der Waals surface area contributed by atoms with Gasteiger partial charge in [0, 0.05) is 51.4 Å². The summed E-state index contributed by atoms with van der Waals surface area (Å²) in [6.07, 6.45) is 9.80. The molecule has 2 aromatic carbocycles. The van der Waals surface area contributed by atoms with Gasteiger partial charge in [-0.05, 0) is 61.0 Å². The molecule has 0 spiro atoms. The van der Waals surface area contributed by atoms with Crippen molar-refractivity contribution < 1.29 is 14.4 Å². The fraction of sp³-hybridized carbons (Fsp3) is 0.0645. The van der Waals surface area contributed by atoms with Crippen LogP contribution >= 0.6 is 23.2 Å². The van der Waals surface area contributed by atoms with Crippen LogP contribution in [0.4, 0.5) is 23.0 Å². The highest BCUT2D eigenvalue weighted by molar-refractivity contribution is 6.31. The number of aldehydes is 1. The minimum atomic E-state index is -0.367. The van der Waals surface area contributed by atoms with Crippen molar-refractivity contribution in [3.8, 4) is 0 Å². The first-order valence-corrected chi connectivity index (χ1v) is 14.3. The van der Waals surface area contributed by atoms with Crippen molar-refractivity contribution in [3.63, 3.8) is 0 Å². The summed E-state index contributed by atoms with van der Waals surface area (Å²) in [7, 11) is 0. The predicted molar refractivity (Wildman–Crippen MR) is 171 cm³/mol. The maximum Gasteiger partial charge on any atom is 0.253 e. The van der Waals surface area contributed by atoms with Crippen LogP contribution in [0.2, 0.25) is 10.0 Å². The van der Waals surface area contributed by atoms with Crippen molar-refractivity contribution >= 4 is 81.7 Å². The van der Waals surface area contributed by atoms with Crippen molar-refractivity contribution in [1.82, 2.24) is 34.5 Å². The number of piperidine rings is 1. The highest BCUT2D eigenvalue weighted by atomic mass is 35.5. The van der Waals surface area contributed by atoms with Crippen LogP contribution in [0.25, 0.3) is 17.4 Å². The second kappa shape index (κ2) is 13.0. The van der Waals surface area contributed by atoms with Crippen LogP contribution < -0.4 is 16.0 Å². The third-order valence-corrected chi connectivity index (χ3v) is 7.08. The van der Waals surface area contributed by atoms with E-state index in [1.165, 1.54) is 6.20 Å². The van der Waals surface area contributed by atoms with Crippen molar-refractivity contribution in [3.05, 3.63) is 112 Å². The van der Waals surface area contributed by atoms with Gasteiger partial charge in [0.2, 0.25) is 5.91 Å². The number of halogens is 2. The number of aromatic nitrogens is 6. The maximum absolute atomic E-state index is 11.9. The molecule has 45 heavy (non-hydrogen) atoms. The third-order valence-electron chi connectivity index (χ3n) is 6.61. The van der Waals surface area contributed by atoms with Crippen LogP contribution in [0.1, 0.15) is 28.8 Å². The molecule has 0 saturated carbocycles. The van der Waals surface area contributed by atoms with E-state index >= 15 is 0 Å². The molecular formula is C31H23Cl2N9O3. The zero-order valence-electron chi connectivity index (χ0n) is 23.3. The zero-order valence-corrected chi connectivity index (χ0v) is 24.8. The van der Waals surface area contributed by atoms with Gasteiger partial charge in [0.1, 0.15) is 11.6 Å². The number of benzene rings is 2. The fourth-order valence-electron chi connectivity index (χ4n) is 4.48. The van der Waals surface area contributed by atoms with Gasteiger partial charge in [-0.1, -0.05) is 35.3 Å². The lowest BCUT2D eigenvalue weighted by Gasteiger charge is -2.13. The molecule has 5 heterocycles. The van der Waals surface area contributed by atoms with E-state index in [-0.39, 0.29) is 11.8 Å². The van der Waals surface area contributed by atoms with E-state index in [1.54, 1.807) is 70.1 Å². The van der Waals surface area contributed by atoms with Crippen LogP contribution in [-0.2, 0) is 9.59 Å². The zero-order chi connectivity index (χ0) is 31.3. The average Bonchev–Trinajstić information content (AvgIpc) is 3.62. The summed E-state index contributed by atoms with van der Waals surface area (Å²) in [6, 6.07) is 18.2. The van der Waals surface area contributed by atoms with E-state index in [2.05, 4.69) is 36.1 Å². The van der Waals surface area contributed by atoms with Crippen molar-refractivity contribution in [2.24, 2.45) is 0 Å². The van der Waals surface area contributed by atoms with Crippen LogP contribution in [-0.4, -0.2) is 47.3 Å². The normalized spacial score (nSPS) is 13.8. The Hall–Kier alpha value is -5.59. The molecule has 14 heteroatoms. The second-order valence-electron chi connectivity index (χ2n) is 9.80. The minimum absolute atomic E-state index is 0.252. The van der Waals surface area contributed by atoms with Crippen molar-refractivity contribution in [2.75, 3.05) is 10.6 Å². The number of carbonyl (C=O) groups excluding carboxylic acids is 3. The number of nitrogens with one attached hydrogen (secondary N) is 3. The lowest BCUT2D eigenvalue weighted by Crippen LogP contribution is -2.35. The molecule has 4 aromatic heterocycles. The monoisotopic (exact) mass is 639 g/mol. The number of nitrogens with zero attached hydrogens (tertiary/aromatic N) is 6. The van der Waals surface area contributed by atoms with Gasteiger partial charge in [0.25, 0.3) is 5.91 Å². The second-order valence-corrected chi connectivity index (χ2v) is 10.7. The van der Waals surface area contributed by atoms with Gasteiger partial charge in [-0.25, -0.2) is 19.0 Å². The molecule has 0 bridgehead atoms. The number of anilines is 4. The SMILES string of the molecule is O=C1CC/C(=C\c2cnn3ccc(Nc4cccc(Cl)c4)nc23)C(=O)N1.O=Cc1cnn2ccc(Nc3cccc(Cl)c3)nc12. The van der Waals surface area contributed by atoms with Crippen LogP contribution in [0.5, 0.6) is 0 Å². The molecule has 0 radical (unpaired) electrons. The van der Waals surface area contributed by atoms with E-state index in [9.17, 15) is 14.4 Å². The average molecular weight is 640 g/mol. The Balaban J connectivity index is 0.000000167. The molecule has 0 unspecified atom stereocenters. The molecule has 224 valence electrons. The molecule has 12 nitrogen and oxygen atoms in total. The Bertz CT molecular complexity index is 2110. The van der Waals surface area contributed by atoms with Crippen LogP contribution in [0, 0.1) is 0 Å². The predicted octanol–water partition coefficient (Wildman–Crippen LogP) is 5.89. The fourth-order valence-corrected chi connectivity index (χ4v) is 4.86. The number of imide groups is 1. The largest absolute Gasteiger partial charge is 0.340 e. The summed E-state index contributed by atoms with van der Waals surface area (Å²) in [5, 5.41) is 18.2. The molecule has 7 rings (SSSR count). The summed E-state index contributed by atoms with van der Waals surface area (Å²) >= 11 is 11.9. The van der Waals surface area contributed by atoms with E-state index in [0.29, 0.717) is 62.5 Å². The van der Waals surface area contributed by atoms with Crippen molar-refractivity contribution in [1.29, 1.82) is 0 Å². The first-order valence-electron chi connectivity index (χ1n) is 13.6. The van der Waals surface area contributed by atoms with Gasteiger partial charge >= 0.3 is 0 Å². The number of carbonyl (C=O) groups is 3. The Morgan fingerprint density at radius 2 is 1.31 bits per heavy atom. The summed E-state index contributed by atoms with van der Waals surface area (Å²) in [5.41, 5.74) is 4.47. The molecule has 3 N–H and O–H groups in total. The van der Waals surface area contributed by atoms with E-state index < -0.39 is 0 Å². The quantitative estimate of drug-likeness (QED) is 0.115. The van der Waals surface area contributed by atoms with Crippen LogP contribution in [0.3, 0.4) is 0 Å². The molecule has 1 aliphatic rings. The molecule has 2 amide bonds. The summed E-state index contributed by atoms with van der Waals surface area (Å²) < 4.78 is 3.17. The summed E-state index contributed by atoms with van der Waals surface area (Å²) in [4.78, 5) is 43.0. The van der Waals surface area contributed by atoms with Gasteiger partial charge in [0.15, 0.2) is 17.6 Å². The van der Waals surface area contributed by atoms with Gasteiger partial charge in [0.05, 0.1) is 18.0 Å². The number of fused-ring (bicyclic) bond motifs is 2. The van der Waals surface area contributed by atoms with Gasteiger partial charge in [-0.3, -0.25) is 19.7 Å². The van der Waals surface area contributed by atoms with Gasteiger partial charge in [-0.15, -0.1) is 0 Å². The number of hydrogen-bond acceptors (Lipinski definition) is 9. The van der Waals surface area contributed by atoms with Gasteiger partial charge < -0.3 is 10.6 Å². The van der Waals surface area contributed by atoms with E-state index in [1.807, 2.05) is 24.3 Å². The Kier molecular flexibility index (Phi) is 8.49. The number of rotatable bonds is 6. The Morgan fingerprint density at radius 1 is 0.756 bits per heavy atom. The first kappa shape index (κ1) is 29.5. The Morgan fingerprint density at radius 3 is 1.84 bits per heavy atom. The highest BCUT2D eigenvalue weighted by Gasteiger charge is 2.21. The third kappa shape index (κ3) is 6.98. The maximum atomic E-state index is 11.9. The van der Waals surface area contributed by atoms with E-state index in [4.69, 9.17) is 23.2 Å².